The monoisotopic (exact) mass is 244 g/mol. The van der Waals surface area contributed by atoms with E-state index in [9.17, 15) is 8.42 Å². The van der Waals surface area contributed by atoms with Gasteiger partial charge in [-0.2, -0.15) is 4.31 Å². The maximum absolute atomic E-state index is 12.0. The van der Waals surface area contributed by atoms with E-state index in [4.69, 9.17) is 5.11 Å². The number of nitrogens with one attached hydrogen (secondary N) is 1. The van der Waals surface area contributed by atoms with Crippen molar-refractivity contribution < 1.29 is 13.5 Å². The van der Waals surface area contributed by atoms with Gasteiger partial charge in [0.2, 0.25) is 10.0 Å². The number of H-pyrrole nitrogens is 1. The van der Waals surface area contributed by atoms with E-state index < -0.39 is 10.0 Å². The summed E-state index contributed by atoms with van der Waals surface area (Å²) in [5.74, 6) is 0. The smallest absolute Gasteiger partial charge is 0.244 e. The Hall–Kier alpha value is -1.11. The van der Waals surface area contributed by atoms with Crippen LogP contribution in [-0.2, 0) is 16.6 Å². The molecule has 0 aromatic carbocycles. The molecule has 1 aromatic heterocycles. The lowest BCUT2D eigenvalue weighted by Crippen LogP contribution is -2.28. The Labute approximate surface area is 95.5 Å². The zero-order chi connectivity index (χ0) is 12.3. The van der Waals surface area contributed by atoms with Crippen molar-refractivity contribution in [1.82, 2.24) is 9.29 Å². The van der Waals surface area contributed by atoms with Crippen LogP contribution in [0.1, 0.15) is 12.6 Å². The molecule has 1 aromatic rings. The molecule has 1 heterocycles. The van der Waals surface area contributed by atoms with Gasteiger partial charge in [0.15, 0.2) is 0 Å². The summed E-state index contributed by atoms with van der Waals surface area (Å²) in [4.78, 5) is 2.84. The normalized spacial score (nSPS) is 12.0. The number of aliphatic hydroxyl groups excluding tert-OH is 1. The summed E-state index contributed by atoms with van der Waals surface area (Å²) in [5.41, 5.74) is 1.24. The lowest BCUT2D eigenvalue weighted by molar-refractivity contribution is 0.277. The second-order valence-electron chi connectivity index (χ2n) is 3.74. The highest BCUT2D eigenvalue weighted by atomic mass is 32.2. The van der Waals surface area contributed by atoms with E-state index in [1.54, 1.807) is 6.92 Å². The highest BCUT2D eigenvalue weighted by Crippen LogP contribution is 2.16. The van der Waals surface area contributed by atoms with Crippen LogP contribution in [0.2, 0.25) is 0 Å². The van der Waals surface area contributed by atoms with E-state index in [0.717, 1.165) is 5.57 Å². The molecule has 0 aliphatic heterocycles. The van der Waals surface area contributed by atoms with Crippen molar-refractivity contribution in [3.8, 4) is 0 Å². The van der Waals surface area contributed by atoms with E-state index in [1.165, 1.54) is 23.6 Å². The van der Waals surface area contributed by atoms with Crippen LogP contribution >= 0.6 is 0 Å². The summed E-state index contributed by atoms with van der Waals surface area (Å²) >= 11 is 0. The van der Waals surface area contributed by atoms with Crippen LogP contribution in [0, 0.1) is 0 Å². The van der Waals surface area contributed by atoms with Crippen LogP contribution in [0.15, 0.2) is 29.3 Å². The average molecular weight is 244 g/mol. The fourth-order valence-electron chi connectivity index (χ4n) is 1.30. The third kappa shape index (κ3) is 2.72. The Morgan fingerprint density at radius 2 is 2.25 bits per heavy atom. The van der Waals surface area contributed by atoms with Gasteiger partial charge >= 0.3 is 0 Å². The van der Waals surface area contributed by atoms with Crippen LogP contribution < -0.4 is 0 Å². The van der Waals surface area contributed by atoms with Gasteiger partial charge in [0, 0.05) is 25.5 Å². The molecule has 0 saturated carbocycles. The molecule has 16 heavy (non-hydrogen) atoms. The van der Waals surface area contributed by atoms with Gasteiger partial charge in [-0.25, -0.2) is 8.42 Å². The third-order valence-electron chi connectivity index (χ3n) is 2.09. The molecule has 0 amide bonds. The van der Waals surface area contributed by atoms with Gasteiger partial charge in [-0.15, -0.1) is 0 Å². The molecule has 0 aliphatic carbocycles. The number of hydrogen-bond donors (Lipinski definition) is 2. The predicted molar refractivity (Wildman–Crippen MR) is 61.3 cm³/mol. The number of sulfonamides is 1. The minimum absolute atomic E-state index is 0.153. The minimum Gasteiger partial charge on any atom is -0.390 e. The molecule has 0 saturated heterocycles. The zero-order valence-corrected chi connectivity index (χ0v) is 10.2. The maximum atomic E-state index is 12.0. The van der Waals surface area contributed by atoms with Crippen molar-refractivity contribution in [2.24, 2.45) is 0 Å². The zero-order valence-electron chi connectivity index (χ0n) is 9.40. The summed E-state index contributed by atoms with van der Waals surface area (Å²) < 4.78 is 25.2. The van der Waals surface area contributed by atoms with Crippen molar-refractivity contribution in [2.45, 2.75) is 18.4 Å². The molecule has 0 atom stereocenters. The first-order valence-electron chi connectivity index (χ1n) is 4.77. The van der Waals surface area contributed by atoms with Crippen LogP contribution in [0.4, 0.5) is 0 Å². The standard InChI is InChI=1S/C10H16N2O3S/c1-8(2)6-12(3)16(14,15)10-4-9(7-13)11-5-10/h4-5,11,13H,1,6-7H2,2-3H3. The van der Waals surface area contributed by atoms with Gasteiger partial charge in [0.25, 0.3) is 0 Å². The number of aliphatic hydroxyl groups is 1. The second kappa shape index (κ2) is 4.82. The Morgan fingerprint density at radius 1 is 1.62 bits per heavy atom. The first kappa shape index (κ1) is 13.0. The van der Waals surface area contributed by atoms with Crippen molar-refractivity contribution in [2.75, 3.05) is 13.6 Å². The molecule has 6 heteroatoms. The topological polar surface area (TPSA) is 73.4 Å². The highest BCUT2D eigenvalue weighted by molar-refractivity contribution is 7.89. The molecule has 5 nitrogen and oxygen atoms in total. The molecule has 90 valence electrons. The van der Waals surface area contributed by atoms with Crippen molar-refractivity contribution >= 4 is 10.0 Å². The van der Waals surface area contributed by atoms with E-state index in [1.807, 2.05) is 0 Å². The van der Waals surface area contributed by atoms with E-state index in [-0.39, 0.29) is 18.0 Å². The van der Waals surface area contributed by atoms with Gasteiger partial charge in [-0.3, -0.25) is 0 Å². The fraction of sp³-hybridized carbons (Fsp3) is 0.400. The number of nitrogens with zero attached hydrogens (tertiary/aromatic N) is 1. The summed E-state index contributed by atoms with van der Waals surface area (Å²) in [6.07, 6.45) is 1.37. The first-order chi connectivity index (χ1) is 7.37. The second-order valence-corrected chi connectivity index (χ2v) is 5.78. The molecule has 0 fully saturated rings. The Balaban J connectivity index is 2.97. The molecule has 2 N–H and O–H groups in total. The quantitative estimate of drug-likeness (QED) is 0.749. The lowest BCUT2D eigenvalue weighted by Gasteiger charge is -2.15. The Bertz CT molecular complexity index is 476. The number of rotatable bonds is 5. The molecule has 0 bridgehead atoms. The maximum Gasteiger partial charge on any atom is 0.244 e. The van der Waals surface area contributed by atoms with Gasteiger partial charge in [0.05, 0.1) is 11.5 Å². The van der Waals surface area contributed by atoms with E-state index in [0.29, 0.717) is 5.69 Å². The van der Waals surface area contributed by atoms with Crippen LogP contribution in [0.5, 0.6) is 0 Å². The van der Waals surface area contributed by atoms with E-state index in [2.05, 4.69) is 11.6 Å². The van der Waals surface area contributed by atoms with Crippen LogP contribution in [0.3, 0.4) is 0 Å². The number of aromatic nitrogens is 1. The number of hydrogen-bond acceptors (Lipinski definition) is 3. The molecule has 0 spiro atoms. The van der Waals surface area contributed by atoms with Crippen molar-refractivity contribution in [3.05, 3.63) is 30.1 Å². The molecular formula is C10H16N2O3S. The number of likely N-dealkylation sites (N-methyl/N-ethyl adjacent to an activating group) is 1. The molecule has 0 radical (unpaired) electrons. The molecule has 0 unspecified atom stereocenters. The Kier molecular flexibility index (Phi) is 3.90. The first-order valence-corrected chi connectivity index (χ1v) is 6.21. The molecule has 0 aliphatic rings. The van der Waals surface area contributed by atoms with Crippen LogP contribution in [0.25, 0.3) is 0 Å². The highest BCUT2D eigenvalue weighted by Gasteiger charge is 2.21. The Morgan fingerprint density at radius 3 is 2.69 bits per heavy atom. The minimum atomic E-state index is -3.49. The predicted octanol–water partition coefficient (Wildman–Crippen LogP) is 0.704. The van der Waals surface area contributed by atoms with Crippen LogP contribution in [-0.4, -0.2) is 36.4 Å². The molecule has 1 rings (SSSR count). The van der Waals surface area contributed by atoms with Gasteiger partial charge < -0.3 is 10.1 Å². The SMILES string of the molecule is C=C(C)CN(C)S(=O)(=O)c1c[nH]c(CO)c1. The van der Waals surface area contributed by atoms with Gasteiger partial charge in [0.1, 0.15) is 0 Å². The summed E-state index contributed by atoms with van der Waals surface area (Å²) in [5, 5.41) is 8.85. The summed E-state index contributed by atoms with van der Waals surface area (Å²) in [7, 11) is -2.00. The summed E-state index contributed by atoms with van der Waals surface area (Å²) in [6, 6.07) is 1.42. The lowest BCUT2D eigenvalue weighted by atomic mass is 10.4. The number of aromatic amines is 1. The third-order valence-corrected chi connectivity index (χ3v) is 3.87. The van der Waals surface area contributed by atoms with Gasteiger partial charge in [-0.05, 0) is 13.0 Å². The molecular weight excluding hydrogens is 228 g/mol. The van der Waals surface area contributed by atoms with Crippen molar-refractivity contribution in [1.29, 1.82) is 0 Å². The summed E-state index contributed by atoms with van der Waals surface area (Å²) in [6.45, 7) is 5.51. The van der Waals surface area contributed by atoms with E-state index >= 15 is 0 Å². The average Bonchev–Trinajstić information content (AvgIpc) is 2.65. The largest absolute Gasteiger partial charge is 0.390 e. The van der Waals surface area contributed by atoms with Crippen molar-refractivity contribution in [3.63, 3.8) is 0 Å². The van der Waals surface area contributed by atoms with Gasteiger partial charge in [-0.1, -0.05) is 12.2 Å². The fourth-order valence-corrected chi connectivity index (χ4v) is 2.55.